The maximum Gasteiger partial charge on any atom is 0.191 e. The summed E-state index contributed by atoms with van der Waals surface area (Å²) >= 11 is 0. The zero-order chi connectivity index (χ0) is 22.8. The normalized spacial score (nSPS) is 17.2. The second-order valence-electron chi connectivity index (χ2n) is 8.46. The van der Waals surface area contributed by atoms with E-state index in [0.29, 0.717) is 6.54 Å². The Labute approximate surface area is 192 Å². The van der Waals surface area contributed by atoms with Gasteiger partial charge in [-0.25, -0.2) is 4.99 Å². The molecule has 1 aliphatic heterocycles. The third kappa shape index (κ3) is 6.33. The predicted molar refractivity (Wildman–Crippen MR) is 129 cm³/mol. The number of rotatable bonds is 10. The fraction of sp³-hybridized carbons (Fsp3) is 0.600. The molecule has 2 aromatic rings. The van der Waals surface area contributed by atoms with E-state index in [1.54, 1.807) is 0 Å². The van der Waals surface area contributed by atoms with Gasteiger partial charge in [-0.2, -0.15) is 0 Å². The first-order valence-corrected chi connectivity index (χ1v) is 12.0. The number of aromatic nitrogens is 1. The molecule has 1 fully saturated rings. The molecule has 1 aromatic carbocycles. The number of guanidine groups is 1. The summed E-state index contributed by atoms with van der Waals surface area (Å²) in [6.45, 7) is 12.2. The van der Waals surface area contributed by atoms with Crippen molar-refractivity contribution in [2.75, 3.05) is 26.3 Å². The highest BCUT2D eigenvalue weighted by molar-refractivity contribution is 5.79. The van der Waals surface area contributed by atoms with Crippen LogP contribution in [-0.2, 0) is 24.1 Å². The van der Waals surface area contributed by atoms with E-state index in [1.807, 2.05) is 0 Å². The lowest BCUT2D eigenvalue weighted by Gasteiger charge is -2.41. The van der Waals surface area contributed by atoms with Gasteiger partial charge in [0, 0.05) is 49.9 Å². The Morgan fingerprint density at radius 1 is 1.09 bits per heavy atom. The second kappa shape index (κ2) is 12.0. The number of benzene rings is 1. The van der Waals surface area contributed by atoms with Crippen molar-refractivity contribution in [2.45, 2.75) is 71.5 Å². The van der Waals surface area contributed by atoms with E-state index in [2.05, 4.69) is 79.1 Å². The molecule has 7 heteroatoms. The Kier molecular flexibility index (Phi) is 9.11. The number of ether oxygens (including phenoxy) is 1. The lowest BCUT2D eigenvalue weighted by Crippen LogP contribution is -2.58. The topological polar surface area (TPSA) is 83.7 Å². The summed E-state index contributed by atoms with van der Waals surface area (Å²) in [7, 11) is 0. The second-order valence-corrected chi connectivity index (χ2v) is 8.46. The van der Waals surface area contributed by atoms with Crippen LogP contribution >= 0.6 is 0 Å². The molecule has 7 nitrogen and oxygen atoms in total. The molecule has 0 saturated carbocycles. The number of nitrogens with zero attached hydrogens (tertiary/aromatic N) is 2. The summed E-state index contributed by atoms with van der Waals surface area (Å²) in [6.07, 6.45) is 3.60. The Hall–Kier alpha value is -2.38. The lowest BCUT2D eigenvalue weighted by molar-refractivity contribution is 0.0355. The van der Waals surface area contributed by atoms with Crippen LogP contribution in [0, 0.1) is 0 Å². The molecule has 1 aliphatic rings. The first kappa shape index (κ1) is 24.3. The molecule has 3 N–H and O–H groups in total. The van der Waals surface area contributed by atoms with Gasteiger partial charge < -0.3 is 25.2 Å². The van der Waals surface area contributed by atoms with Crippen LogP contribution in [0.1, 0.15) is 69.2 Å². The Bertz CT molecular complexity index is 822. The highest BCUT2D eigenvalue weighted by atomic mass is 16.5. The summed E-state index contributed by atoms with van der Waals surface area (Å²) in [5, 5.41) is 15.1. The molecule has 0 aliphatic carbocycles. The average Bonchev–Trinajstić information content (AvgIpc) is 3.24. The molecule has 1 aromatic heterocycles. The fourth-order valence-electron chi connectivity index (χ4n) is 4.29. The minimum atomic E-state index is -0.0515. The van der Waals surface area contributed by atoms with Crippen LogP contribution < -0.4 is 16.0 Å². The molecular formula is C25H39N5O2. The van der Waals surface area contributed by atoms with E-state index in [-0.39, 0.29) is 11.6 Å². The third-order valence-electron chi connectivity index (χ3n) is 6.21. The van der Waals surface area contributed by atoms with Gasteiger partial charge >= 0.3 is 0 Å². The van der Waals surface area contributed by atoms with Gasteiger partial charge in [-0.3, -0.25) is 0 Å². The average molecular weight is 442 g/mol. The number of aliphatic imine (C=N–C) groups is 1. The molecule has 1 saturated heterocycles. The molecular weight excluding hydrogens is 402 g/mol. The molecule has 0 spiro atoms. The third-order valence-corrected chi connectivity index (χ3v) is 6.21. The molecule has 176 valence electrons. The van der Waals surface area contributed by atoms with Crippen molar-refractivity contribution in [1.29, 1.82) is 0 Å². The van der Waals surface area contributed by atoms with Gasteiger partial charge in [-0.15, -0.1) is 0 Å². The van der Waals surface area contributed by atoms with Crippen molar-refractivity contribution in [3.8, 4) is 0 Å². The van der Waals surface area contributed by atoms with Gasteiger partial charge in [0.2, 0.25) is 0 Å². The zero-order valence-corrected chi connectivity index (χ0v) is 20.0. The van der Waals surface area contributed by atoms with Crippen molar-refractivity contribution in [2.24, 2.45) is 4.99 Å². The first-order chi connectivity index (χ1) is 15.6. The predicted octanol–water partition coefficient (Wildman–Crippen LogP) is 3.75. The summed E-state index contributed by atoms with van der Waals surface area (Å²) in [5.74, 6) is 1.75. The molecule has 1 atom stereocenters. The number of hydrogen-bond acceptors (Lipinski definition) is 5. The smallest absolute Gasteiger partial charge is 0.191 e. The SMILES string of the molecule is CCNC(=NCc1c(CC)noc1CC)NCC1(NC(C)c2ccccc2)CCOCC1. The summed E-state index contributed by atoms with van der Waals surface area (Å²) in [4.78, 5) is 4.86. The minimum Gasteiger partial charge on any atom is -0.381 e. The Balaban J connectivity index is 1.71. The molecule has 2 heterocycles. The van der Waals surface area contributed by atoms with Crippen LogP contribution in [0.2, 0.25) is 0 Å². The van der Waals surface area contributed by atoms with Crippen molar-refractivity contribution in [3.63, 3.8) is 0 Å². The van der Waals surface area contributed by atoms with Gasteiger partial charge in [0.25, 0.3) is 0 Å². The largest absolute Gasteiger partial charge is 0.381 e. The van der Waals surface area contributed by atoms with Crippen LogP contribution in [0.5, 0.6) is 0 Å². The molecule has 0 bridgehead atoms. The number of hydrogen-bond donors (Lipinski definition) is 3. The summed E-state index contributed by atoms with van der Waals surface area (Å²) in [6, 6.07) is 10.9. The summed E-state index contributed by atoms with van der Waals surface area (Å²) in [5.41, 5.74) is 3.36. The maximum atomic E-state index is 5.68. The van der Waals surface area contributed by atoms with Gasteiger partial charge in [-0.05, 0) is 38.7 Å². The van der Waals surface area contributed by atoms with Gasteiger partial charge in [-0.1, -0.05) is 49.3 Å². The molecule has 32 heavy (non-hydrogen) atoms. The van der Waals surface area contributed by atoms with Gasteiger partial charge in [0.05, 0.1) is 12.2 Å². The standard InChI is InChI=1S/C25H39N5O2/c1-5-22-21(23(6-2)32-30-22)17-27-24(26-7-3)28-18-25(13-15-31-16-14-25)29-19(4)20-11-9-8-10-12-20/h8-12,19,29H,5-7,13-18H2,1-4H3,(H2,26,27,28). The van der Waals surface area contributed by atoms with Crippen molar-refractivity contribution < 1.29 is 9.26 Å². The van der Waals surface area contributed by atoms with E-state index in [0.717, 1.165) is 75.0 Å². The van der Waals surface area contributed by atoms with E-state index in [9.17, 15) is 0 Å². The number of nitrogens with one attached hydrogen (secondary N) is 3. The quantitative estimate of drug-likeness (QED) is 0.385. The lowest BCUT2D eigenvalue weighted by atomic mass is 9.88. The van der Waals surface area contributed by atoms with E-state index in [4.69, 9.17) is 14.3 Å². The van der Waals surface area contributed by atoms with E-state index in [1.165, 1.54) is 5.56 Å². The number of aryl methyl sites for hydroxylation is 2. The van der Waals surface area contributed by atoms with Crippen molar-refractivity contribution in [3.05, 3.63) is 52.9 Å². The van der Waals surface area contributed by atoms with Gasteiger partial charge in [0.1, 0.15) is 5.76 Å². The summed E-state index contributed by atoms with van der Waals surface area (Å²) < 4.78 is 11.2. The zero-order valence-electron chi connectivity index (χ0n) is 20.0. The highest BCUT2D eigenvalue weighted by Crippen LogP contribution is 2.25. The van der Waals surface area contributed by atoms with Crippen LogP contribution in [0.25, 0.3) is 0 Å². The molecule has 3 rings (SSSR count). The van der Waals surface area contributed by atoms with Crippen molar-refractivity contribution >= 4 is 5.96 Å². The Morgan fingerprint density at radius 3 is 2.50 bits per heavy atom. The van der Waals surface area contributed by atoms with Crippen LogP contribution in [0.3, 0.4) is 0 Å². The minimum absolute atomic E-state index is 0.0515. The maximum absolute atomic E-state index is 5.68. The fourth-order valence-corrected chi connectivity index (χ4v) is 4.29. The van der Waals surface area contributed by atoms with E-state index >= 15 is 0 Å². The van der Waals surface area contributed by atoms with Crippen LogP contribution in [0.4, 0.5) is 0 Å². The van der Waals surface area contributed by atoms with E-state index < -0.39 is 0 Å². The monoisotopic (exact) mass is 441 g/mol. The highest BCUT2D eigenvalue weighted by Gasteiger charge is 2.34. The Morgan fingerprint density at radius 2 is 1.84 bits per heavy atom. The van der Waals surface area contributed by atoms with Crippen LogP contribution in [-0.4, -0.2) is 43.0 Å². The molecule has 0 radical (unpaired) electrons. The molecule has 0 amide bonds. The first-order valence-electron chi connectivity index (χ1n) is 12.0. The van der Waals surface area contributed by atoms with Gasteiger partial charge in [0.15, 0.2) is 5.96 Å². The molecule has 1 unspecified atom stereocenters. The van der Waals surface area contributed by atoms with Crippen LogP contribution in [0.15, 0.2) is 39.8 Å². The van der Waals surface area contributed by atoms with Crippen molar-refractivity contribution in [1.82, 2.24) is 21.1 Å².